The van der Waals surface area contributed by atoms with Crippen LogP contribution in [0.4, 0.5) is 0 Å². The Bertz CT molecular complexity index is 203. The Kier molecular flexibility index (Phi) is 2.57. The number of nitrogens with one attached hydrogen (secondary N) is 1. The van der Waals surface area contributed by atoms with Crippen LogP contribution in [-0.4, -0.2) is 0 Å². The topological polar surface area (TPSA) is 12.0 Å². The van der Waals surface area contributed by atoms with Gasteiger partial charge in [-0.25, -0.2) is 0 Å². The summed E-state index contributed by atoms with van der Waals surface area (Å²) in [6, 6.07) is 0. The zero-order valence-electron chi connectivity index (χ0n) is 4.62. The molecule has 1 N–H and O–H groups in total. The van der Waals surface area contributed by atoms with Gasteiger partial charge in [0.15, 0.2) is 0 Å². The summed E-state index contributed by atoms with van der Waals surface area (Å²) < 4.78 is 2.35. The molecule has 1 nitrogen and oxygen atoms in total. The van der Waals surface area contributed by atoms with E-state index in [1.54, 1.807) is 0 Å². The van der Waals surface area contributed by atoms with E-state index in [1.807, 2.05) is 6.08 Å². The van der Waals surface area contributed by atoms with Gasteiger partial charge in [-0.3, -0.25) is 0 Å². The van der Waals surface area contributed by atoms with Crippen LogP contribution >= 0.6 is 45.2 Å². The number of halogens is 2. The first-order valence-corrected chi connectivity index (χ1v) is 4.54. The first kappa shape index (κ1) is 7.59. The second kappa shape index (κ2) is 3.05. The van der Waals surface area contributed by atoms with Gasteiger partial charge in [0.1, 0.15) is 0 Å². The van der Waals surface area contributed by atoms with Crippen LogP contribution in [0.3, 0.4) is 0 Å². The molecule has 0 saturated carbocycles. The molecule has 0 aromatic heterocycles. The summed E-state index contributed by atoms with van der Waals surface area (Å²) in [6.45, 7) is 3.78. The lowest BCUT2D eigenvalue weighted by atomic mass is 10.3. The summed E-state index contributed by atoms with van der Waals surface area (Å²) in [4.78, 5) is 0. The summed E-state index contributed by atoms with van der Waals surface area (Å²) >= 11 is 4.50. The van der Waals surface area contributed by atoms with Crippen molar-refractivity contribution in [1.29, 1.82) is 0 Å². The second-order valence-electron chi connectivity index (χ2n) is 1.67. The lowest BCUT2D eigenvalue weighted by molar-refractivity contribution is 1.09. The largest absolute Gasteiger partial charge is 0.351 e. The first-order valence-electron chi connectivity index (χ1n) is 2.39. The molecule has 1 rings (SSSR count). The summed E-state index contributed by atoms with van der Waals surface area (Å²) in [5.41, 5.74) is 0.964. The van der Waals surface area contributed by atoms with Crippen molar-refractivity contribution < 1.29 is 0 Å². The third-order valence-corrected chi connectivity index (χ3v) is 2.06. The van der Waals surface area contributed by atoms with Crippen molar-refractivity contribution in [3.05, 3.63) is 31.7 Å². The van der Waals surface area contributed by atoms with Gasteiger partial charge in [-0.2, -0.15) is 0 Å². The summed E-state index contributed by atoms with van der Waals surface area (Å²) in [5, 5.41) is 3.08. The minimum absolute atomic E-state index is 0.964. The van der Waals surface area contributed by atoms with E-state index in [0.717, 1.165) is 9.40 Å². The molecule has 0 saturated heterocycles. The molecule has 9 heavy (non-hydrogen) atoms. The van der Waals surface area contributed by atoms with Crippen LogP contribution in [0.5, 0.6) is 0 Å². The van der Waals surface area contributed by atoms with E-state index < -0.39 is 0 Å². The molecule has 0 spiro atoms. The molecule has 0 aliphatic carbocycles. The molecule has 0 fully saturated rings. The highest BCUT2D eigenvalue weighted by Crippen LogP contribution is 2.20. The van der Waals surface area contributed by atoms with Gasteiger partial charge in [-0.15, -0.1) is 0 Å². The zero-order valence-corrected chi connectivity index (χ0v) is 8.93. The van der Waals surface area contributed by atoms with Gasteiger partial charge in [0.05, 0.1) is 3.70 Å². The molecule has 0 amide bonds. The lowest BCUT2D eigenvalue weighted by Gasteiger charge is -2.09. The van der Waals surface area contributed by atoms with Crippen LogP contribution in [-0.2, 0) is 0 Å². The van der Waals surface area contributed by atoms with Crippen molar-refractivity contribution in [3.63, 3.8) is 0 Å². The van der Waals surface area contributed by atoms with Crippen LogP contribution in [0, 0.1) is 0 Å². The zero-order chi connectivity index (χ0) is 6.85. The van der Waals surface area contributed by atoms with E-state index in [1.165, 1.54) is 3.58 Å². The first-order chi connectivity index (χ1) is 4.18. The standard InChI is InChI=1S/C6H5I2N/c1-4-2-5(7)3-6(8)9-4/h2-3,9H,1H2. The third-order valence-electron chi connectivity index (χ3n) is 0.857. The van der Waals surface area contributed by atoms with Crippen molar-refractivity contribution in [3.8, 4) is 0 Å². The predicted molar refractivity (Wildman–Crippen MR) is 56.5 cm³/mol. The monoisotopic (exact) mass is 345 g/mol. The second-order valence-corrected chi connectivity index (χ2v) is 4.08. The molecule has 0 unspecified atom stereocenters. The summed E-state index contributed by atoms with van der Waals surface area (Å²) in [5.74, 6) is 0. The summed E-state index contributed by atoms with van der Waals surface area (Å²) in [6.07, 6.45) is 4.07. The fraction of sp³-hybridized carbons (Fsp3) is 0. The lowest BCUT2D eigenvalue weighted by Crippen LogP contribution is -2.08. The molecule has 0 aromatic rings. The molecule has 3 heteroatoms. The Balaban J connectivity index is 2.86. The highest BCUT2D eigenvalue weighted by molar-refractivity contribution is 14.1. The Morgan fingerprint density at radius 1 is 1.33 bits per heavy atom. The van der Waals surface area contributed by atoms with Gasteiger partial charge in [0, 0.05) is 9.28 Å². The van der Waals surface area contributed by atoms with E-state index in [0.29, 0.717) is 0 Å². The number of allylic oxidation sites excluding steroid dienone is 3. The maximum Gasteiger partial charge on any atom is 0.0786 e. The molecule has 48 valence electrons. The van der Waals surface area contributed by atoms with Gasteiger partial charge < -0.3 is 5.32 Å². The van der Waals surface area contributed by atoms with E-state index in [-0.39, 0.29) is 0 Å². The van der Waals surface area contributed by atoms with Crippen LogP contribution in [0.15, 0.2) is 31.7 Å². The Hall–Kier alpha value is 0.480. The molecule has 1 aliphatic rings. The average Bonchev–Trinajstić information content (AvgIpc) is 1.59. The number of hydrogen-bond acceptors (Lipinski definition) is 1. The smallest absolute Gasteiger partial charge is 0.0786 e. The SMILES string of the molecule is C=C1C=C(I)C=C(I)N1. The molecular weight excluding hydrogens is 340 g/mol. The fourth-order valence-electron chi connectivity index (χ4n) is 0.555. The molecule has 0 aromatic carbocycles. The minimum atomic E-state index is 0.964. The normalized spacial score (nSPS) is 18.2. The average molecular weight is 345 g/mol. The molecule has 0 bridgehead atoms. The highest BCUT2D eigenvalue weighted by Gasteiger charge is 1.99. The van der Waals surface area contributed by atoms with Crippen molar-refractivity contribution in [1.82, 2.24) is 5.32 Å². The molecule has 0 atom stereocenters. The third kappa shape index (κ3) is 2.29. The Morgan fingerprint density at radius 3 is 2.44 bits per heavy atom. The van der Waals surface area contributed by atoms with Gasteiger partial charge >= 0.3 is 0 Å². The fourth-order valence-corrected chi connectivity index (χ4v) is 2.52. The van der Waals surface area contributed by atoms with Crippen molar-refractivity contribution in [2.45, 2.75) is 0 Å². The predicted octanol–water partition coefficient (Wildman–Crippen LogP) is 2.70. The number of dihydropyridines is 1. The molecule has 1 aliphatic heterocycles. The Morgan fingerprint density at radius 2 is 2.00 bits per heavy atom. The molecule has 1 heterocycles. The van der Waals surface area contributed by atoms with Gasteiger partial charge in [-0.1, -0.05) is 6.58 Å². The van der Waals surface area contributed by atoms with E-state index in [9.17, 15) is 0 Å². The quantitative estimate of drug-likeness (QED) is 0.526. The van der Waals surface area contributed by atoms with Gasteiger partial charge in [-0.05, 0) is 57.3 Å². The number of hydrogen-bond donors (Lipinski definition) is 1. The molecular formula is C6H5I2N. The minimum Gasteiger partial charge on any atom is -0.351 e. The van der Waals surface area contributed by atoms with Crippen LogP contribution in [0.2, 0.25) is 0 Å². The number of rotatable bonds is 0. The van der Waals surface area contributed by atoms with Crippen molar-refractivity contribution in [2.24, 2.45) is 0 Å². The Labute approximate surface area is 81.6 Å². The maximum absolute atomic E-state index is 3.78. The summed E-state index contributed by atoms with van der Waals surface area (Å²) in [7, 11) is 0. The van der Waals surface area contributed by atoms with Gasteiger partial charge in [0.2, 0.25) is 0 Å². The van der Waals surface area contributed by atoms with E-state index in [4.69, 9.17) is 0 Å². The van der Waals surface area contributed by atoms with E-state index in [2.05, 4.69) is 63.2 Å². The van der Waals surface area contributed by atoms with Gasteiger partial charge in [0.25, 0.3) is 0 Å². The van der Waals surface area contributed by atoms with Crippen LogP contribution in [0.25, 0.3) is 0 Å². The van der Waals surface area contributed by atoms with E-state index >= 15 is 0 Å². The van der Waals surface area contributed by atoms with Crippen molar-refractivity contribution in [2.75, 3.05) is 0 Å². The maximum atomic E-state index is 3.78. The van der Waals surface area contributed by atoms with Crippen LogP contribution < -0.4 is 5.32 Å². The highest BCUT2D eigenvalue weighted by atomic mass is 127. The van der Waals surface area contributed by atoms with Crippen molar-refractivity contribution >= 4 is 45.2 Å². The van der Waals surface area contributed by atoms with Crippen LogP contribution in [0.1, 0.15) is 0 Å². The molecule has 0 radical (unpaired) electrons.